The van der Waals surface area contributed by atoms with Crippen molar-refractivity contribution in [3.05, 3.63) is 33.9 Å². The third-order valence-corrected chi connectivity index (χ3v) is 3.15. The highest BCUT2D eigenvalue weighted by Gasteiger charge is 2.16. The number of anilines is 1. The van der Waals surface area contributed by atoms with Gasteiger partial charge in [0.1, 0.15) is 15.5 Å². The number of nitrogens with zero attached hydrogens (tertiary/aromatic N) is 1. The predicted octanol–water partition coefficient (Wildman–Crippen LogP) is 1.36. The number of hydrogen-bond acceptors (Lipinski definition) is 5. The van der Waals surface area contributed by atoms with Crippen molar-refractivity contribution in [1.82, 2.24) is 0 Å². The molecule has 1 rings (SSSR count). The largest absolute Gasteiger partial charge is 0.378 e. The number of nitro groups is 1. The van der Waals surface area contributed by atoms with Gasteiger partial charge in [0.15, 0.2) is 0 Å². The third kappa shape index (κ3) is 4.03. The van der Waals surface area contributed by atoms with Gasteiger partial charge in [0.2, 0.25) is 0 Å². The molecule has 0 aliphatic heterocycles. The van der Waals surface area contributed by atoms with Crippen LogP contribution in [0.3, 0.4) is 0 Å². The molecule has 0 aliphatic rings. The van der Waals surface area contributed by atoms with Gasteiger partial charge in [-0.2, -0.15) is 0 Å². The topological polar surface area (TPSA) is 89.3 Å². The molecule has 0 heterocycles. The van der Waals surface area contributed by atoms with Crippen molar-refractivity contribution >= 4 is 21.2 Å². The fourth-order valence-corrected chi connectivity index (χ4v) is 1.89. The molecule has 0 fully saturated rings. The number of nitrogens with one attached hydrogen (secondary N) is 1. The number of hydrogen-bond donors (Lipinski definition) is 1. The number of nitro benzene ring substituents is 1. The molecule has 1 N–H and O–H groups in total. The van der Waals surface area contributed by atoms with Crippen LogP contribution >= 0.6 is 0 Å². The van der Waals surface area contributed by atoms with Crippen LogP contribution < -0.4 is 5.32 Å². The van der Waals surface area contributed by atoms with Gasteiger partial charge in [-0.3, -0.25) is 10.1 Å². The van der Waals surface area contributed by atoms with Crippen molar-refractivity contribution in [3.63, 3.8) is 0 Å². The van der Waals surface area contributed by atoms with Gasteiger partial charge in [0.25, 0.3) is 5.69 Å². The molecule has 0 bridgehead atoms. The van der Waals surface area contributed by atoms with Gasteiger partial charge >= 0.3 is 0 Å². The zero-order valence-electron chi connectivity index (χ0n) is 9.63. The van der Waals surface area contributed by atoms with Crippen LogP contribution in [0, 0.1) is 17.0 Å². The highest BCUT2D eigenvalue weighted by atomic mass is 32.2. The smallest absolute Gasteiger partial charge is 0.295 e. The molecule has 0 radical (unpaired) electrons. The maximum absolute atomic E-state index is 10.9. The molecule has 17 heavy (non-hydrogen) atoms. The molecular weight excluding hydrogens is 244 g/mol. The zero-order valence-corrected chi connectivity index (χ0v) is 10.5. The van der Waals surface area contributed by atoms with Crippen LogP contribution in [0.2, 0.25) is 0 Å². The zero-order chi connectivity index (χ0) is 13.1. The van der Waals surface area contributed by atoms with Crippen LogP contribution in [-0.4, -0.2) is 31.9 Å². The molecule has 0 atom stereocenters. The highest BCUT2D eigenvalue weighted by Crippen LogP contribution is 2.27. The summed E-state index contributed by atoms with van der Waals surface area (Å²) >= 11 is 0. The van der Waals surface area contributed by atoms with E-state index in [0.29, 0.717) is 11.3 Å². The molecule has 0 unspecified atom stereocenters. The lowest BCUT2D eigenvalue weighted by atomic mass is 10.1. The maximum atomic E-state index is 10.9. The Morgan fingerprint density at radius 3 is 2.59 bits per heavy atom. The van der Waals surface area contributed by atoms with Crippen LogP contribution in [0.5, 0.6) is 0 Å². The number of aryl methyl sites for hydroxylation is 1. The van der Waals surface area contributed by atoms with Gasteiger partial charge in [-0.05, 0) is 13.0 Å². The molecule has 1 aromatic carbocycles. The van der Waals surface area contributed by atoms with E-state index in [4.69, 9.17) is 0 Å². The fourth-order valence-electron chi connectivity index (χ4n) is 1.42. The molecule has 0 aromatic heterocycles. The van der Waals surface area contributed by atoms with Crippen molar-refractivity contribution < 1.29 is 13.3 Å². The summed E-state index contributed by atoms with van der Waals surface area (Å²) in [4.78, 5) is 10.4. The summed E-state index contributed by atoms with van der Waals surface area (Å²) in [7, 11) is -3.07. The lowest BCUT2D eigenvalue weighted by Crippen LogP contribution is -2.15. The van der Waals surface area contributed by atoms with Crippen LogP contribution in [0.25, 0.3) is 0 Å². The monoisotopic (exact) mass is 258 g/mol. The van der Waals surface area contributed by atoms with E-state index in [1.165, 1.54) is 0 Å². The normalized spacial score (nSPS) is 11.2. The Bertz CT molecular complexity index is 525. The molecule has 0 spiro atoms. The van der Waals surface area contributed by atoms with Crippen LogP contribution in [0.1, 0.15) is 5.56 Å². The molecular formula is C10H14N2O4S. The van der Waals surface area contributed by atoms with Gasteiger partial charge in [0, 0.05) is 18.4 Å². The first-order valence-electron chi connectivity index (χ1n) is 4.97. The van der Waals surface area contributed by atoms with Crippen LogP contribution in [-0.2, 0) is 9.84 Å². The molecule has 6 nitrogen and oxygen atoms in total. The van der Waals surface area contributed by atoms with Crippen molar-refractivity contribution in [2.45, 2.75) is 6.92 Å². The van der Waals surface area contributed by atoms with E-state index in [9.17, 15) is 18.5 Å². The van der Waals surface area contributed by atoms with Crippen LogP contribution in [0.4, 0.5) is 11.4 Å². The van der Waals surface area contributed by atoms with E-state index in [1.807, 2.05) is 0 Å². The maximum Gasteiger partial charge on any atom is 0.295 e. The minimum atomic E-state index is -3.07. The van der Waals surface area contributed by atoms with Crippen molar-refractivity contribution in [2.24, 2.45) is 0 Å². The molecule has 7 heteroatoms. The van der Waals surface area contributed by atoms with E-state index in [2.05, 4.69) is 5.32 Å². The second-order valence-corrected chi connectivity index (χ2v) is 6.04. The Hall–Kier alpha value is -1.63. The standard InChI is InChI=1S/C10H14N2O4S/c1-8-4-3-5-9(10(8)12(13)14)11-6-7-17(2,15)16/h3-5,11H,6-7H2,1-2H3. The first kappa shape index (κ1) is 13.4. The lowest BCUT2D eigenvalue weighted by Gasteiger charge is -2.07. The van der Waals surface area contributed by atoms with Gasteiger partial charge in [0.05, 0.1) is 10.7 Å². The summed E-state index contributed by atoms with van der Waals surface area (Å²) in [5.41, 5.74) is 0.874. The Labute approximate surface area is 99.7 Å². The summed E-state index contributed by atoms with van der Waals surface area (Å²) < 4.78 is 21.9. The molecule has 0 amide bonds. The van der Waals surface area contributed by atoms with E-state index < -0.39 is 14.8 Å². The summed E-state index contributed by atoms with van der Waals surface area (Å²) in [6, 6.07) is 4.89. The Morgan fingerprint density at radius 1 is 1.41 bits per heavy atom. The lowest BCUT2D eigenvalue weighted by molar-refractivity contribution is -0.384. The van der Waals surface area contributed by atoms with Gasteiger partial charge < -0.3 is 5.32 Å². The predicted molar refractivity (Wildman–Crippen MR) is 66.0 cm³/mol. The highest BCUT2D eigenvalue weighted by molar-refractivity contribution is 7.90. The minimum Gasteiger partial charge on any atom is -0.378 e. The minimum absolute atomic E-state index is 0.0130. The summed E-state index contributed by atoms with van der Waals surface area (Å²) in [5, 5.41) is 13.6. The molecule has 0 saturated carbocycles. The molecule has 94 valence electrons. The number of para-hydroxylation sites is 1. The van der Waals surface area contributed by atoms with E-state index in [-0.39, 0.29) is 18.0 Å². The van der Waals surface area contributed by atoms with E-state index in [1.54, 1.807) is 25.1 Å². The first-order chi connectivity index (χ1) is 7.81. The molecule has 0 saturated heterocycles. The second-order valence-electron chi connectivity index (χ2n) is 3.78. The van der Waals surface area contributed by atoms with Crippen molar-refractivity contribution in [3.8, 4) is 0 Å². The molecule has 1 aromatic rings. The molecule has 0 aliphatic carbocycles. The van der Waals surface area contributed by atoms with Gasteiger partial charge in [-0.15, -0.1) is 0 Å². The third-order valence-electron chi connectivity index (χ3n) is 2.21. The van der Waals surface area contributed by atoms with Crippen molar-refractivity contribution in [2.75, 3.05) is 23.9 Å². The Balaban J connectivity index is 2.85. The second kappa shape index (κ2) is 5.13. The summed E-state index contributed by atoms with van der Waals surface area (Å²) in [6.07, 6.45) is 1.12. The number of sulfone groups is 1. The van der Waals surface area contributed by atoms with E-state index in [0.717, 1.165) is 6.26 Å². The number of benzene rings is 1. The van der Waals surface area contributed by atoms with Crippen LogP contribution in [0.15, 0.2) is 18.2 Å². The first-order valence-corrected chi connectivity index (χ1v) is 7.03. The SMILES string of the molecule is Cc1cccc(NCCS(C)(=O)=O)c1[N+](=O)[O-]. The van der Waals surface area contributed by atoms with Crippen molar-refractivity contribution in [1.29, 1.82) is 0 Å². The number of rotatable bonds is 5. The summed E-state index contributed by atoms with van der Waals surface area (Å²) in [6.45, 7) is 1.79. The van der Waals surface area contributed by atoms with Gasteiger partial charge in [-0.1, -0.05) is 12.1 Å². The van der Waals surface area contributed by atoms with Gasteiger partial charge in [-0.25, -0.2) is 8.42 Å². The van der Waals surface area contributed by atoms with E-state index >= 15 is 0 Å². The average Bonchev–Trinajstić information content (AvgIpc) is 2.14. The average molecular weight is 258 g/mol. The Kier molecular flexibility index (Phi) is 4.06. The quantitative estimate of drug-likeness (QED) is 0.636. The fraction of sp³-hybridized carbons (Fsp3) is 0.400. The Morgan fingerprint density at radius 2 is 2.06 bits per heavy atom. The summed E-state index contributed by atoms with van der Waals surface area (Å²) in [5.74, 6) is -0.0574.